The normalized spacial score (nSPS) is 15.3. The fourth-order valence-corrected chi connectivity index (χ4v) is 5.19. The van der Waals surface area contributed by atoms with E-state index < -0.39 is 6.04 Å². The van der Waals surface area contributed by atoms with E-state index in [2.05, 4.69) is 10.3 Å². The molecule has 1 amide bonds. The number of methoxy groups -OCH3 is 1. The zero-order valence-corrected chi connectivity index (χ0v) is 20.4. The van der Waals surface area contributed by atoms with E-state index in [0.717, 1.165) is 5.56 Å². The molecule has 180 valence electrons. The van der Waals surface area contributed by atoms with Gasteiger partial charge in [-0.3, -0.25) is 14.2 Å². The number of fused-ring (bicyclic) bond motifs is 1. The minimum Gasteiger partial charge on any atom is -0.497 e. The molecule has 0 saturated carbocycles. The molecule has 0 fully saturated rings. The van der Waals surface area contributed by atoms with Crippen molar-refractivity contribution in [2.24, 2.45) is 4.99 Å². The number of carbonyl (C=O) groups is 1. The number of aromatic nitrogens is 1. The van der Waals surface area contributed by atoms with Crippen molar-refractivity contribution < 1.29 is 13.9 Å². The lowest BCUT2D eigenvalue weighted by molar-refractivity contribution is -0.113. The Balaban J connectivity index is 1.67. The number of rotatable bonds is 5. The Bertz CT molecular complexity index is 1640. The molecule has 0 aliphatic carbocycles. The number of allylic oxidation sites excluding steroid dienone is 1. The van der Waals surface area contributed by atoms with Crippen LogP contribution in [0.1, 0.15) is 24.1 Å². The Morgan fingerprint density at radius 3 is 2.42 bits per heavy atom. The highest BCUT2D eigenvalue weighted by Crippen LogP contribution is 2.31. The van der Waals surface area contributed by atoms with Gasteiger partial charge in [-0.25, -0.2) is 9.38 Å². The molecule has 1 aliphatic heterocycles. The lowest BCUT2D eigenvalue weighted by Gasteiger charge is -2.25. The summed E-state index contributed by atoms with van der Waals surface area (Å²) in [6, 6.07) is 21.6. The van der Waals surface area contributed by atoms with Gasteiger partial charge < -0.3 is 10.1 Å². The second-order valence-electron chi connectivity index (χ2n) is 8.23. The summed E-state index contributed by atoms with van der Waals surface area (Å²) in [5.41, 5.74) is 2.72. The number of halogens is 1. The highest BCUT2D eigenvalue weighted by molar-refractivity contribution is 7.07. The Kier molecular flexibility index (Phi) is 6.35. The number of nitrogens with one attached hydrogen (secondary N) is 1. The van der Waals surface area contributed by atoms with Crippen LogP contribution in [0.25, 0.3) is 6.08 Å². The SMILES string of the molecule is COc1ccc(C2C(C(=O)Nc3ccccc3)=C(C)N=c3s/c(=C\c4ccc(F)cc4)c(=O)n32)cc1. The predicted octanol–water partition coefficient (Wildman–Crippen LogP) is 4.02. The van der Waals surface area contributed by atoms with E-state index in [1.54, 1.807) is 61.1 Å². The zero-order valence-electron chi connectivity index (χ0n) is 19.6. The second-order valence-corrected chi connectivity index (χ2v) is 9.24. The van der Waals surface area contributed by atoms with Crippen LogP contribution in [-0.2, 0) is 4.79 Å². The van der Waals surface area contributed by atoms with Crippen molar-refractivity contribution in [1.82, 2.24) is 4.57 Å². The molecule has 3 aromatic carbocycles. The van der Waals surface area contributed by atoms with Crippen LogP contribution >= 0.6 is 11.3 Å². The van der Waals surface area contributed by atoms with Crippen LogP contribution in [0.5, 0.6) is 5.75 Å². The van der Waals surface area contributed by atoms with Crippen molar-refractivity contribution >= 4 is 29.0 Å². The fourth-order valence-electron chi connectivity index (χ4n) is 4.14. The molecule has 0 saturated heterocycles. The van der Waals surface area contributed by atoms with Gasteiger partial charge in [0.25, 0.3) is 11.5 Å². The van der Waals surface area contributed by atoms with Gasteiger partial charge in [0.05, 0.1) is 29.0 Å². The Labute approximate surface area is 210 Å². The van der Waals surface area contributed by atoms with Crippen LogP contribution in [-0.4, -0.2) is 17.6 Å². The molecular formula is C28H22FN3O3S. The van der Waals surface area contributed by atoms with Crippen LogP contribution in [0.2, 0.25) is 0 Å². The highest BCUT2D eigenvalue weighted by atomic mass is 32.1. The Morgan fingerprint density at radius 2 is 1.75 bits per heavy atom. The molecule has 8 heteroatoms. The summed E-state index contributed by atoms with van der Waals surface area (Å²) in [6.45, 7) is 1.77. The number of carbonyl (C=O) groups excluding carboxylic acids is 1. The molecule has 1 aromatic heterocycles. The number of nitrogens with zero attached hydrogens (tertiary/aromatic N) is 2. The van der Waals surface area contributed by atoms with Crippen LogP contribution in [0.15, 0.2) is 99.9 Å². The summed E-state index contributed by atoms with van der Waals surface area (Å²) >= 11 is 1.23. The molecule has 1 atom stereocenters. The molecule has 2 heterocycles. The first-order valence-corrected chi connectivity index (χ1v) is 12.0. The van der Waals surface area contributed by atoms with E-state index in [1.165, 1.54) is 23.5 Å². The van der Waals surface area contributed by atoms with Crippen molar-refractivity contribution in [2.45, 2.75) is 13.0 Å². The molecule has 36 heavy (non-hydrogen) atoms. The summed E-state index contributed by atoms with van der Waals surface area (Å²) < 4.78 is 20.6. The number of ether oxygens (including phenoxy) is 1. The lowest BCUT2D eigenvalue weighted by Crippen LogP contribution is -2.40. The van der Waals surface area contributed by atoms with Crippen LogP contribution in [0.3, 0.4) is 0 Å². The third-order valence-electron chi connectivity index (χ3n) is 5.90. The minimum atomic E-state index is -0.689. The number of benzene rings is 3. The zero-order chi connectivity index (χ0) is 25.2. The van der Waals surface area contributed by atoms with Crippen molar-refractivity contribution in [1.29, 1.82) is 0 Å². The number of hydrogen-bond donors (Lipinski definition) is 1. The quantitative estimate of drug-likeness (QED) is 0.451. The van der Waals surface area contributed by atoms with Gasteiger partial charge in [0, 0.05) is 5.69 Å². The van der Waals surface area contributed by atoms with Gasteiger partial charge in [0.2, 0.25) is 0 Å². The first-order chi connectivity index (χ1) is 17.4. The topological polar surface area (TPSA) is 72.7 Å². The largest absolute Gasteiger partial charge is 0.497 e. The minimum absolute atomic E-state index is 0.276. The van der Waals surface area contributed by atoms with Crippen LogP contribution in [0.4, 0.5) is 10.1 Å². The van der Waals surface area contributed by atoms with E-state index in [1.807, 2.05) is 30.3 Å². The molecule has 5 rings (SSSR count). The number of para-hydroxylation sites is 1. The molecule has 0 radical (unpaired) electrons. The molecule has 4 aromatic rings. The molecule has 1 N–H and O–H groups in total. The van der Waals surface area contributed by atoms with Gasteiger partial charge in [0.1, 0.15) is 11.6 Å². The fraction of sp³-hybridized carbons (Fsp3) is 0.107. The third kappa shape index (κ3) is 4.50. The number of anilines is 1. The van der Waals surface area contributed by atoms with E-state index in [4.69, 9.17) is 4.74 Å². The van der Waals surface area contributed by atoms with Crippen molar-refractivity contribution in [2.75, 3.05) is 12.4 Å². The number of hydrogen-bond acceptors (Lipinski definition) is 5. The highest BCUT2D eigenvalue weighted by Gasteiger charge is 2.32. The first-order valence-electron chi connectivity index (χ1n) is 11.2. The summed E-state index contributed by atoms with van der Waals surface area (Å²) in [6.07, 6.45) is 1.71. The Morgan fingerprint density at radius 1 is 1.06 bits per heavy atom. The summed E-state index contributed by atoms with van der Waals surface area (Å²) in [5, 5.41) is 2.93. The molecular weight excluding hydrogens is 477 g/mol. The van der Waals surface area contributed by atoms with Crippen molar-refractivity contribution in [3.63, 3.8) is 0 Å². The first kappa shape index (κ1) is 23.4. The average molecular weight is 500 g/mol. The van der Waals surface area contributed by atoms with E-state index >= 15 is 0 Å². The van der Waals surface area contributed by atoms with E-state index in [0.29, 0.717) is 37.6 Å². The molecule has 6 nitrogen and oxygen atoms in total. The number of thiazole rings is 1. The molecule has 0 spiro atoms. The van der Waals surface area contributed by atoms with E-state index in [-0.39, 0.29) is 17.3 Å². The smallest absolute Gasteiger partial charge is 0.271 e. The molecule has 1 unspecified atom stereocenters. The predicted molar refractivity (Wildman–Crippen MR) is 138 cm³/mol. The third-order valence-corrected chi connectivity index (χ3v) is 6.88. The van der Waals surface area contributed by atoms with Crippen LogP contribution < -0.4 is 24.9 Å². The summed E-state index contributed by atoms with van der Waals surface area (Å²) in [5.74, 6) is -0.0210. The van der Waals surface area contributed by atoms with Gasteiger partial charge in [0.15, 0.2) is 4.80 Å². The summed E-state index contributed by atoms with van der Waals surface area (Å²) in [4.78, 5) is 32.3. The second kappa shape index (κ2) is 9.75. The maximum Gasteiger partial charge on any atom is 0.271 e. The van der Waals surface area contributed by atoms with Gasteiger partial charge >= 0.3 is 0 Å². The van der Waals surface area contributed by atoms with Crippen LogP contribution in [0, 0.1) is 5.82 Å². The van der Waals surface area contributed by atoms with Gasteiger partial charge in [-0.2, -0.15) is 0 Å². The van der Waals surface area contributed by atoms with Gasteiger partial charge in [-0.15, -0.1) is 0 Å². The van der Waals surface area contributed by atoms with Crippen molar-refractivity contribution in [3.05, 3.63) is 127 Å². The average Bonchev–Trinajstić information content (AvgIpc) is 3.19. The number of amides is 1. The van der Waals surface area contributed by atoms with Crippen molar-refractivity contribution in [3.8, 4) is 5.75 Å². The Hall–Kier alpha value is -4.30. The summed E-state index contributed by atoms with van der Waals surface area (Å²) in [7, 11) is 1.58. The maximum atomic E-state index is 13.7. The monoisotopic (exact) mass is 499 g/mol. The standard InChI is InChI=1S/C28H22FN3O3S/c1-17-24(26(33)31-21-6-4-3-5-7-21)25(19-10-14-22(35-2)15-11-19)32-27(34)23(36-28(32)30-17)16-18-8-12-20(29)13-9-18/h3-16,25H,1-2H3,(H,31,33)/b23-16-. The van der Waals surface area contributed by atoms with E-state index in [9.17, 15) is 14.0 Å². The molecule has 1 aliphatic rings. The van der Waals surface area contributed by atoms with Gasteiger partial charge in [-0.05, 0) is 60.5 Å². The van der Waals surface area contributed by atoms with Gasteiger partial charge in [-0.1, -0.05) is 53.8 Å². The maximum absolute atomic E-state index is 13.7. The molecule has 0 bridgehead atoms. The lowest BCUT2D eigenvalue weighted by atomic mass is 9.95.